The number of anilines is 2. The summed E-state index contributed by atoms with van der Waals surface area (Å²) in [5, 5.41) is 4.34. The number of pyridine rings is 1. The molecule has 7 nitrogen and oxygen atoms in total. The molecule has 2 aromatic carbocycles. The highest BCUT2D eigenvalue weighted by Gasteiger charge is 2.31. The summed E-state index contributed by atoms with van der Waals surface area (Å²) >= 11 is 0. The van der Waals surface area contributed by atoms with Gasteiger partial charge in [-0.25, -0.2) is 4.98 Å². The second kappa shape index (κ2) is 6.70. The molecule has 0 saturated heterocycles. The second-order valence-corrected chi connectivity index (χ2v) is 7.07. The van der Waals surface area contributed by atoms with E-state index in [-0.39, 0.29) is 31.8 Å². The second-order valence-electron chi connectivity index (χ2n) is 7.07. The fourth-order valence-electron chi connectivity index (χ4n) is 4.06. The van der Waals surface area contributed by atoms with E-state index in [1.54, 1.807) is 0 Å². The van der Waals surface area contributed by atoms with E-state index in [0.717, 1.165) is 52.1 Å². The maximum Gasteiger partial charge on any atom is 0.231 e. The molecule has 1 aliphatic carbocycles. The molecule has 3 heterocycles. The smallest absolute Gasteiger partial charge is 0.231 e. The van der Waals surface area contributed by atoms with Crippen LogP contribution in [0.25, 0.3) is 10.9 Å². The van der Waals surface area contributed by atoms with Crippen LogP contribution in [0.15, 0.2) is 30.3 Å². The fourth-order valence-corrected chi connectivity index (χ4v) is 4.06. The summed E-state index contributed by atoms with van der Waals surface area (Å²) in [4.78, 5) is 16.2. The molecule has 0 bridgehead atoms. The van der Waals surface area contributed by atoms with Crippen LogP contribution in [0.3, 0.4) is 0 Å². The SMILES string of the molecule is O=C1CCCc2[nH+]c3cc4c(cc3c(Nc3ccc5c(c3)OCO5)c21)OCO4.[Cl-]. The number of nitrogens with one attached hydrogen (secondary N) is 2. The molecule has 8 heteroatoms. The highest BCUT2D eigenvalue weighted by Crippen LogP contribution is 2.42. The first kappa shape index (κ1) is 17.9. The number of ketones is 1. The van der Waals surface area contributed by atoms with Crippen LogP contribution in [-0.4, -0.2) is 19.4 Å². The molecule has 0 amide bonds. The van der Waals surface area contributed by atoms with Crippen molar-refractivity contribution < 1.29 is 41.1 Å². The van der Waals surface area contributed by atoms with Gasteiger partial charge < -0.3 is 36.7 Å². The van der Waals surface area contributed by atoms with Crippen molar-refractivity contribution in [1.29, 1.82) is 0 Å². The van der Waals surface area contributed by atoms with Crippen molar-refractivity contribution in [3.8, 4) is 23.0 Å². The van der Waals surface area contributed by atoms with Crippen LogP contribution in [0.2, 0.25) is 0 Å². The molecule has 3 aromatic rings. The van der Waals surface area contributed by atoms with Gasteiger partial charge in [-0.2, -0.15) is 0 Å². The molecule has 0 fully saturated rings. The molecule has 2 aliphatic heterocycles. The average Bonchev–Trinajstić information content (AvgIpc) is 3.34. The molecule has 0 saturated carbocycles. The summed E-state index contributed by atoms with van der Waals surface area (Å²) in [5.74, 6) is 2.94. The summed E-state index contributed by atoms with van der Waals surface area (Å²) in [6.07, 6.45) is 2.23. The van der Waals surface area contributed by atoms with E-state index in [1.807, 2.05) is 30.3 Å². The zero-order valence-corrected chi connectivity index (χ0v) is 16.1. The Labute approximate surface area is 172 Å². The number of H-pyrrole nitrogens is 1. The Balaban J connectivity index is 0.00000181. The van der Waals surface area contributed by atoms with Gasteiger partial charge in [-0.3, -0.25) is 4.79 Å². The Morgan fingerprint density at radius 2 is 1.59 bits per heavy atom. The van der Waals surface area contributed by atoms with E-state index in [2.05, 4.69) is 10.3 Å². The molecule has 3 aliphatic rings. The van der Waals surface area contributed by atoms with Gasteiger partial charge in [0.2, 0.25) is 19.1 Å². The van der Waals surface area contributed by atoms with Gasteiger partial charge >= 0.3 is 0 Å². The summed E-state index contributed by atoms with van der Waals surface area (Å²) in [7, 11) is 0. The van der Waals surface area contributed by atoms with Gasteiger partial charge in [0, 0.05) is 30.7 Å². The maximum atomic E-state index is 12.8. The molecule has 0 atom stereocenters. The lowest BCUT2D eigenvalue weighted by atomic mass is 9.91. The number of hydrogen-bond donors (Lipinski definition) is 1. The van der Waals surface area contributed by atoms with Crippen LogP contribution in [0, 0.1) is 0 Å². The molecule has 0 unspecified atom stereocenters. The Bertz CT molecular complexity index is 1160. The minimum Gasteiger partial charge on any atom is -1.00 e. The number of aromatic amines is 1. The van der Waals surface area contributed by atoms with Crippen molar-refractivity contribution in [2.24, 2.45) is 0 Å². The van der Waals surface area contributed by atoms with Crippen molar-refractivity contribution >= 4 is 28.1 Å². The van der Waals surface area contributed by atoms with Gasteiger partial charge in [0.1, 0.15) is 5.56 Å². The predicted octanol–water partition coefficient (Wildman–Crippen LogP) is 0.378. The van der Waals surface area contributed by atoms with Crippen molar-refractivity contribution in [2.45, 2.75) is 19.3 Å². The quantitative estimate of drug-likeness (QED) is 0.655. The highest BCUT2D eigenvalue weighted by molar-refractivity contribution is 6.10. The Kier molecular flexibility index (Phi) is 4.13. The summed E-state index contributed by atoms with van der Waals surface area (Å²) in [5.41, 5.74) is 4.18. The van der Waals surface area contributed by atoms with Gasteiger partial charge in [-0.15, -0.1) is 0 Å². The minimum absolute atomic E-state index is 0. The van der Waals surface area contributed by atoms with E-state index >= 15 is 0 Å². The molecule has 148 valence electrons. The first-order valence-corrected chi connectivity index (χ1v) is 9.28. The van der Waals surface area contributed by atoms with Crippen LogP contribution >= 0.6 is 0 Å². The van der Waals surface area contributed by atoms with Gasteiger partial charge in [-0.05, 0) is 18.6 Å². The number of Topliss-reactive ketones (excluding diaryl/α,β-unsaturated/α-hetero) is 1. The summed E-state index contributed by atoms with van der Waals surface area (Å²) in [6, 6.07) is 9.53. The monoisotopic (exact) mass is 412 g/mol. The zero-order chi connectivity index (χ0) is 18.7. The van der Waals surface area contributed by atoms with Crippen LogP contribution in [-0.2, 0) is 6.42 Å². The number of hydrogen-bond acceptors (Lipinski definition) is 6. The van der Waals surface area contributed by atoms with Gasteiger partial charge in [-0.1, -0.05) is 0 Å². The lowest BCUT2D eigenvalue weighted by molar-refractivity contribution is -0.358. The standard InChI is InChI=1S/C21H16N2O5.ClH/c24-15-3-1-2-13-20(15)21(22-11-4-5-16-17(6-11)26-9-25-16)12-7-18-19(28-10-27-18)8-14(12)23-13;/h4-8H,1-3,9-10H2,(H,22,23);1H. The topological polar surface area (TPSA) is 80.2 Å². The normalized spacial score (nSPS) is 15.8. The maximum absolute atomic E-state index is 12.8. The van der Waals surface area contributed by atoms with Crippen LogP contribution < -0.4 is 41.7 Å². The molecule has 2 N–H and O–H groups in total. The number of carbonyl (C=O) groups excluding carboxylic acids is 1. The number of halogens is 1. The molecule has 6 rings (SSSR count). The lowest BCUT2D eigenvalue weighted by Gasteiger charge is -2.17. The summed E-state index contributed by atoms with van der Waals surface area (Å²) < 4.78 is 22.0. The predicted molar refractivity (Wildman–Crippen MR) is 99.7 cm³/mol. The van der Waals surface area contributed by atoms with Crippen LogP contribution in [0.4, 0.5) is 11.4 Å². The van der Waals surface area contributed by atoms with E-state index < -0.39 is 0 Å². The van der Waals surface area contributed by atoms with E-state index in [4.69, 9.17) is 18.9 Å². The van der Waals surface area contributed by atoms with Crippen molar-refractivity contribution in [3.63, 3.8) is 0 Å². The van der Waals surface area contributed by atoms with E-state index in [0.29, 0.717) is 23.7 Å². The number of rotatable bonds is 2. The molecule has 1 aromatic heterocycles. The first-order valence-electron chi connectivity index (χ1n) is 9.28. The van der Waals surface area contributed by atoms with Gasteiger partial charge in [0.25, 0.3) is 0 Å². The third-order valence-corrected chi connectivity index (χ3v) is 5.37. The summed E-state index contributed by atoms with van der Waals surface area (Å²) in [6.45, 7) is 0.425. The Morgan fingerprint density at radius 3 is 2.41 bits per heavy atom. The fraction of sp³-hybridized carbons (Fsp3) is 0.238. The van der Waals surface area contributed by atoms with Crippen LogP contribution in [0.1, 0.15) is 28.9 Å². The molecular formula is C21H17ClN2O5. The number of fused-ring (bicyclic) bond motifs is 4. The Morgan fingerprint density at radius 1 is 0.862 bits per heavy atom. The molecular weight excluding hydrogens is 396 g/mol. The van der Waals surface area contributed by atoms with Crippen LogP contribution in [0.5, 0.6) is 23.0 Å². The third-order valence-electron chi connectivity index (χ3n) is 5.37. The number of aryl methyl sites for hydroxylation is 1. The van der Waals surface area contributed by atoms with E-state index in [9.17, 15) is 4.79 Å². The largest absolute Gasteiger partial charge is 1.00 e. The number of benzene rings is 2. The van der Waals surface area contributed by atoms with Gasteiger partial charge in [0.15, 0.2) is 34.5 Å². The molecule has 29 heavy (non-hydrogen) atoms. The lowest BCUT2D eigenvalue weighted by Crippen LogP contribution is -3.00. The molecule has 0 radical (unpaired) electrons. The zero-order valence-electron chi connectivity index (χ0n) is 15.3. The minimum atomic E-state index is 0. The van der Waals surface area contributed by atoms with Crippen molar-refractivity contribution in [1.82, 2.24) is 0 Å². The number of ether oxygens (including phenoxy) is 4. The van der Waals surface area contributed by atoms with Crippen molar-refractivity contribution in [2.75, 3.05) is 18.9 Å². The van der Waals surface area contributed by atoms with E-state index in [1.165, 1.54) is 0 Å². The highest BCUT2D eigenvalue weighted by atomic mass is 35.5. The first-order chi connectivity index (χ1) is 13.8. The Hall–Kier alpha value is -3.19. The van der Waals surface area contributed by atoms with Crippen molar-refractivity contribution in [3.05, 3.63) is 41.6 Å². The molecule has 0 spiro atoms. The average molecular weight is 413 g/mol. The number of carbonyl (C=O) groups is 1. The number of aromatic nitrogens is 1. The van der Waals surface area contributed by atoms with Gasteiger partial charge in [0.05, 0.1) is 17.1 Å². The third kappa shape index (κ3) is 2.81.